The van der Waals surface area contributed by atoms with Crippen molar-refractivity contribution in [3.05, 3.63) is 24.0 Å². The van der Waals surface area contributed by atoms with Gasteiger partial charge < -0.3 is 10.1 Å². The lowest BCUT2D eigenvalue weighted by atomic mass is 10.1. The minimum atomic E-state index is -0.670. The van der Waals surface area contributed by atoms with Crippen molar-refractivity contribution in [3.63, 3.8) is 0 Å². The molecule has 0 aliphatic carbocycles. The maximum atomic E-state index is 10.3. The van der Waals surface area contributed by atoms with Gasteiger partial charge in [-0.3, -0.25) is 4.79 Å². The van der Waals surface area contributed by atoms with E-state index in [9.17, 15) is 4.79 Å². The molecule has 0 amide bonds. The molecule has 1 aromatic rings. The van der Waals surface area contributed by atoms with E-state index in [-0.39, 0.29) is 0 Å². The van der Waals surface area contributed by atoms with Crippen LogP contribution in [0.5, 0.6) is 0 Å². The number of aryl methyl sites for hydroxylation is 1. The Kier molecular flexibility index (Phi) is 7.19. The van der Waals surface area contributed by atoms with Crippen molar-refractivity contribution in [3.8, 4) is 0 Å². The predicted molar refractivity (Wildman–Crippen MR) is 69.1 cm³/mol. The molecule has 0 fully saturated rings. The van der Waals surface area contributed by atoms with Gasteiger partial charge in [-0.1, -0.05) is 32.1 Å². The van der Waals surface area contributed by atoms with E-state index in [1.54, 1.807) is 0 Å². The molecule has 1 aromatic heterocycles. The van der Waals surface area contributed by atoms with Gasteiger partial charge in [0.05, 0.1) is 0 Å². The number of aromatic amines is 1. The van der Waals surface area contributed by atoms with Crippen molar-refractivity contribution in [2.45, 2.75) is 57.8 Å². The zero-order chi connectivity index (χ0) is 12.3. The van der Waals surface area contributed by atoms with E-state index in [0.717, 1.165) is 19.3 Å². The van der Waals surface area contributed by atoms with Gasteiger partial charge >= 0.3 is 5.97 Å². The highest BCUT2D eigenvalue weighted by Crippen LogP contribution is 2.10. The number of hydrogen-bond donors (Lipinski definition) is 2. The molecule has 0 aliphatic heterocycles. The highest BCUT2D eigenvalue weighted by molar-refractivity contribution is 5.66. The highest BCUT2D eigenvalue weighted by atomic mass is 16.4. The normalized spacial score (nSPS) is 10.6. The molecule has 0 aromatic carbocycles. The van der Waals surface area contributed by atoms with E-state index in [0.29, 0.717) is 6.42 Å². The molecular weight excluding hydrogens is 214 g/mol. The van der Waals surface area contributed by atoms with Crippen LogP contribution in [-0.2, 0) is 11.2 Å². The number of unbranched alkanes of at least 4 members (excludes halogenated alkanes) is 6. The Morgan fingerprint density at radius 3 is 2.29 bits per heavy atom. The number of carboxylic acid groups (broad SMARTS) is 1. The first-order valence-corrected chi connectivity index (χ1v) is 6.63. The fraction of sp³-hybridized carbons (Fsp3) is 0.643. The fourth-order valence-electron chi connectivity index (χ4n) is 2.00. The molecule has 2 N–H and O–H groups in total. The smallest absolute Gasteiger partial charge is 0.303 e. The molecule has 0 saturated heterocycles. The summed E-state index contributed by atoms with van der Waals surface area (Å²) in [7, 11) is 0. The zero-order valence-corrected chi connectivity index (χ0v) is 10.5. The van der Waals surface area contributed by atoms with E-state index in [2.05, 4.69) is 11.1 Å². The zero-order valence-electron chi connectivity index (χ0n) is 10.5. The van der Waals surface area contributed by atoms with E-state index >= 15 is 0 Å². The average Bonchev–Trinajstić information content (AvgIpc) is 2.79. The van der Waals surface area contributed by atoms with Crippen molar-refractivity contribution in [2.75, 3.05) is 0 Å². The molecule has 1 rings (SSSR count). The molecule has 0 aliphatic rings. The van der Waals surface area contributed by atoms with Crippen LogP contribution in [0.2, 0.25) is 0 Å². The number of aliphatic carboxylic acids is 1. The van der Waals surface area contributed by atoms with Crippen LogP contribution in [0.4, 0.5) is 0 Å². The second-order valence-electron chi connectivity index (χ2n) is 4.56. The third kappa shape index (κ3) is 7.61. The topological polar surface area (TPSA) is 53.1 Å². The summed E-state index contributed by atoms with van der Waals surface area (Å²) in [6.07, 6.45) is 11.5. The first-order chi connectivity index (χ1) is 8.29. The number of nitrogens with one attached hydrogen (secondary N) is 1. The number of carbonyl (C=O) groups is 1. The van der Waals surface area contributed by atoms with E-state index in [4.69, 9.17) is 5.11 Å². The molecule has 3 nitrogen and oxygen atoms in total. The molecule has 0 spiro atoms. The second-order valence-corrected chi connectivity index (χ2v) is 4.56. The third-order valence-electron chi connectivity index (χ3n) is 3.00. The molecule has 0 radical (unpaired) electrons. The summed E-state index contributed by atoms with van der Waals surface area (Å²) >= 11 is 0. The summed E-state index contributed by atoms with van der Waals surface area (Å²) in [6.45, 7) is 0. The third-order valence-corrected chi connectivity index (χ3v) is 3.00. The minimum Gasteiger partial charge on any atom is -0.481 e. The Labute approximate surface area is 103 Å². The molecule has 96 valence electrons. The van der Waals surface area contributed by atoms with Crippen LogP contribution in [0.25, 0.3) is 0 Å². The van der Waals surface area contributed by atoms with Gasteiger partial charge in [0.25, 0.3) is 0 Å². The quantitative estimate of drug-likeness (QED) is 0.609. The van der Waals surface area contributed by atoms with Crippen molar-refractivity contribution >= 4 is 5.97 Å². The lowest BCUT2D eigenvalue weighted by Crippen LogP contribution is -1.93. The Morgan fingerprint density at radius 1 is 1.06 bits per heavy atom. The summed E-state index contributed by atoms with van der Waals surface area (Å²) in [5.41, 5.74) is 1.33. The van der Waals surface area contributed by atoms with E-state index < -0.39 is 5.97 Å². The van der Waals surface area contributed by atoms with Gasteiger partial charge in [-0.2, -0.15) is 0 Å². The summed E-state index contributed by atoms with van der Waals surface area (Å²) in [6, 6.07) is 4.17. The van der Waals surface area contributed by atoms with Crippen molar-refractivity contribution in [1.82, 2.24) is 4.98 Å². The lowest BCUT2D eigenvalue weighted by molar-refractivity contribution is -0.137. The van der Waals surface area contributed by atoms with Crippen molar-refractivity contribution < 1.29 is 9.90 Å². The average molecular weight is 237 g/mol. The maximum absolute atomic E-state index is 10.3. The first-order valence-electron chi connectivity index (χ1n) is 6.63. The Hall–Kier alpha value is -1.25. The first kappa shape index (κ1) is 13.8. The lowest BCUT2D eigenvalue weighted by Gasteiger charge is -2.01. The summed E-state index contributed by atoms with van der Waals surface area (Å²) in [5.74, 6) is -0.670. The second kappa shape index (κ2) is 8.85. The van der Waals surface area contributed by atoms with Crippen molar-refractivity contribution in [1.29, 1.82) is 0 Å². The highest BCUT2D eigenvalue weighted by Gasteiger charge is 1.97. The maximum Gasteiger partial charge on any atom is 0.303 e. The number of H-pyrrole nitrogens is 1. The standard InChI is InChI=1S/C14H23NO2/c16-14(17)11-7-5-3-1-2-4-6-9-13-10-8-12-15-13/h8,10,12,15H,1-7,9,11H2,(H,16,17). The number of rotatable bonds is 10. The van der Waals surface area contributed by atoms with Gasteiger partial charge in [-0.15, -0.1) is 0 Å². The molecule has 1 heterocycles. The van der Waals surface area contributed by atoms with E-state index in [1.165, 1.54) is 37.8 Å². The van der Waals surface area contributed by atoms with Gasteiger partial charge in [0.1, 0.15) is 0 Å². The monoisotopic (exact) mass is 237 g/mol. The number of carboxylic acids is 1. The number of hydrogen-bond acceptors (Lipinski definition) is 1. The molecule has 0 atom stereocenters. The largest absolute Gasteiger partial charge is 0.481 e. The minimum absolute atomic E-state index is 0.326. The Balaban J connectivity index is 1.80. The fourth-order valence-corrected chi connectivity index (χ4v) is 2.00. The number of aromatic nitrogens is 1. The van der Waals surface area contributed by atoms with Crippen LogP contribution in [0.15, 0.2) is 18.3 Å². The Morgan fingerprint density at radius 2 is 1.71 bits per heavy atom. The van der Waals surface area contributed by atoms with Crippen LogP contribution >= 0.6 is 0 Å². The predicted octanol–water partition coefficient (Wildman–Crippen LogP) is 3.76. The van der Waals surface area contributed by atoms with Gasteiger partial charge in [0, 0.05) is 18.3 Å². The summed E-state index contributed by atoms with van der Waals surface area (Å²) in [4.78, 5) is 13.5. The van der Waals surface area contributed by atoms with Crippen LogP contribution in [0, 0.1) is 0 Å². The Bertz CT molecular complexity index is 293. The molecule has 0 unspecified atom stereocenters. The van der Waals surface area contributed by atoms with Crippen LogP contribution in [-0.4, -0.2) is 16.1 Å². The molecule has 3 heteroatoms. The molecule has 17 heavy (non-hydrogen) atoms. The van der Waals surface area contributed by atoms with Gasteiger partial charge in [0.15, 0.2) is 0 Å². The van der Waals surface area contributed by atoms with Crippen molar-refractivity contribution in [2.24, 2.45) is 0 Å². The van der Waals surface area contributed by atoms with Crippen LogP contribution < -0.4 is 0 Å². The molecule has 0 saturated carbocycles. The SMILES string of the molecule is O=C(O)CCCCCCCCCc1ccc[nH]1. The summed E-state index contributed by atoms with van der Waals surface area (Å²) < 4.78 is 0. The summed E-state index contributed by atoms with van der Waals surface area (Å²) in [5, 5.41) is 8.47. The molecule has 0 bridgehead atoms. The molecular formula is C14H23NO2. The van der Waals surface area contributed by atoms with Gasteiger partial charge in [0.2, 0.25) is 0 Å². The van der Waals surface area contributed by atoms with Gasteiger partial charge in [-0.05, 0) is 31.4 Å². The van der Waals surface area contributed by atoms with Crippen LogP contribution in [0.1, 0.15) is 57.1 Å². The van der Waals surface area contributed by atoms with Gasteiger partial charge in [-0.25, -0.2) is 0 Å². The van der Waals surface area contributed by atoms with Crippen LogP contribution in [0.3, 0.4) is 0 Å². The van der Waals surface area contributed by atoms with E-state index in [1.807, 2.05) is 12.3 Å².